The van der Waals surface area contributed by atoms with E-state index in [0.717, 1.165) is 30.8 Å². The van der Waals surface area contributed by atoms with E-state index >= 15 is 4.39 Å². The molecule has 1 fully saturated rings. The molecule has 0 saturated heterocycles. The minimum Gasteiger partial charge on any atom is -0.456 e. The first-order chi connectivity index (χ1) is 20.8. The molecule has 1 aliphatic rings. The Kier molecular flexibility index (Phi) is 7.45. The molecule has 3 heterocycles. The van der Waals surface area contributed by atoms with Gasteiger partial charge in [0.15, 0.2) is 5.76 Å². The number of aromatic nitrogens is 3. The van der Waals surface area contributed by atoms with Crippen LogP contribution < -0.4 is 10.3 Å². The molecule has 6 rings (SSSR count). The second kappa shape index (κ2) is 11.0. The van der Waals surface area contributed by atoms with Crippen molar-refractivity contribution in [3.8, 4) is 34.1 Å². The van der Waals surface area contributed by atoms with Crippen LogP contribution >= 0.6 is 0 Å². The maximum atomic E-state index is 15.5. The van der Waals surface area contributed by atoms with Crippen LogP contribution in [0.1, 0.15) is 67.2 Å². The van der Waals surface area contributed by atoms with Crippen LogP contribution in [0, 0.1) is 25.5 Å². The summed E-state index contributed by atoms with van der Waals surface area (Å²) in [7, 11) is 3.22. The smallest absolute Gasteiger partial charge is 0.261 e. The maximum Gasteiger partial charge on any atom is 0.261 e. The van der Waals surface area contributed by atoms with Gasteiger partial charge in [0, 0.05) is 49.0 Å². The van der Waals surface area contributed by atoms with Crippen LogP contribution in [0.3, 0.4) is 0 Å². The van der Waals surface area contributed by atoms with Crippen molar-refractivity contribution >= 4 is 11.0 Å². The molecule has 44 heavy (non-hydrogen) atoms. The number of aromatic amines is 1. The van der Waals surface area contributed by atoms with Crippen LogP contribution in [-0.4, -0.2) is 26.8 Å². The van der Waals surface area contributed by atoms with Crippen molar-refractivity contribution in [2.75, 3.05) is 7.11 Å². The molecular weight excluding hydrogens is 568 g/mol. The van der Waals surface area contributed by atoms with E-state index in [2.05, 4.69) is 4.98 Å². The lowest BCUT2D eigenvalue weighted by Crippen LogP contribution is -2.18. The molecule has 0 spiro atoms. The van der Waals surface area contributed by atoms with E-state index in [1.807, 2.05) is 0 Å². The minimum absolute atomic E-state index is 0.0287. The summed E-state index contributed by atoms with van der Waals surface area (Å²) in [5, 5.41) is 11.1. The molecular formula is C34H35F2N3O5. The molecule has 2 aromatic carbocycles. The quantitative estimate of drug-likeness (QED) is 0.190. The fraction of sp³-hybridized carbons (Fsp3) is 0.353. The Morgan fingerprint density at radius 3 is 2.43 bits per heavy atom. The number of ether oxygens (including phenoxy) is 2. The average molecular weight is 604 g/mol. The predicted octanol–water partition coefficient (Wildman–Crippen LogP) is 7.52. The van der Waals surface area contributed by atoms with Crippen molar-refractivity contribution in [3.05, 3.63) is 86.7 Å². The largest absolute Gasteiger partial charge is 0.456 e. The van der Waals surface area contributed by atoms with E-state index in [9.17, 15) is 14.3 Å². The van der Waals surface area contributed by atoms with Crippen LogP contribution in [0.25, 0.3) is 33.6 Å². The highest BCUT2D eigenvalue weighted by Gasteiger charge is 2.29. The van der Waals surface area contributed by atoms with E-state index in [0.29, 0.717) is 50.8 Å². The summed E-state index contributed by atoms with van der Waals surface area (Å²) in [6.07, 6.45) is 4.84. The fourth-order valence-electron chi connectivity index (χ4n) is 5.80. The number of methoxy groups -OCH3 is 1. The van der Waals surface area contributed by atoms with E-state index < -0.39 is 17.2 Å². The maximum absolute atomic E-state index is 15.5. The number of benzene rings is 2. The van der Waals surface area contributed by atoms with Gasteiger partial charge in [0.05, 0.1) is 23.3 Å². The first kappa shape index (κ1) is 29.8. The van der Waals surface area contributed by atoms with Gasteiger partial charge in [-0.1, -0.05) is 6.42 Å². The number of fused-ring (bicyclic) bond motifs is 1. The second-order valence-electron chi connectivity index (χ2n) is 12.2. The Labute approximate surface area is 253 Å². The van der Waals surface area contributed by atoms with Gasteiger partial charge in [0.1, 0.15) is 40.2 Å². The zero-order valence-electron chi connectivity index (χ0n) is 25.6. The summed E-state index contributed by atoms with van der Waals surface area (Å²) in [4.78, 5) is 21.6. The molecule has 0 amide bonds. The Bertz CT molecular complexity index is 1940. The number of aryl methyl sites for hydroxylation is 3. The molecule has 3 aromatic heterocycles. The van der Waals surface area contributed by atoms with Gasteiger partial charge in [-0.25, -0.2) is 13.8 Å². The van der Waals surface area contributed by atoms with Crippen LogP contribution in [0.5, 0.6) is 11.5 Å². The van der Waals surface area contributed by atoms with Crippen molar-refractivity contribution in [2.24, 2.45) is 7.05 Å². The molecule has 0 bridgehead atoms. The lowest BCUT2D eigenvalue weighted by Gasteiger charge is -2.22. The van der Waals surface area contributed by atoms with Crippen molar-refractivity contribution < 1.29 is 27.8 Å². The van der Waals surface area contributed by atoms with Crippen LogP contribution in [0.2, 0.25) is 0 Å². The lowest BCUT2D eigenvalue weighted by atomic mass is 9.85. The van der Waals surface area contributed by atoms with Gasteiger partial charge < -0.3 is 28.5 Å². The lowest BCUT2D eigenvalue weighted by molar-refractivity contribution is 0.0745. The van der Waals surface area contributed by atoms with Crippen LogP contribution in [-0.2, 0) is 24.0 Å². The van der Waals surface area contributed by atoms with Crippen LogP contribution in [0.4, 0.5) is 8.78 Å². The normalized spacial score (nSPS) is 13.9. The molecule has 1 aliphatic carbocycles. The van der Waals surface area contributed by atoms with Gasteiger partial charge in [-0.2, -0.15) is 0 Å². The van der Waals surface area contributed by atoms with Crippen molar-refractivity contribution in [3.63, 3.8) is 0 Å². The Balaban J connectivity index is 1.59. The average Bonchev–Trinajstić information content (AvgIpc) is 3.52. The van der Waals surface area contributed by atoms with E-state index in [4.69, 9.17) is 18.9 Å². The third-order valence-corrected chi connectivity index (χ3v) is 8.32. The molecule has 1 saturated carbocycles. The molecule has 0 unspecified atom stereocenters. The number of rotatable bonds is 8. The van der Waals surface area contributed by atoms with Crippen molar-refractivity contribution in [2.45, 2.75) is 65.1 Å². The number of hydrogen-bond acceptors (Lipinski definition) is 6. The Hall–Kier alpha value is -4.28. The fourth-order valence-corrected chi connectivity index (χ4v) is 5.80. The summed E-state index contributed by atoms with van der Waals surface area (Å²) in [5.74, 6) is 0.971. The molecule has 0 radical (unpaired) electrons. The third-order valence-electron chi connectivity index (χ3n) is 8.32. The molecule has 2 N–H and O–H groups in total. The number of imidazole rings is 1. The molecule has 0 atom stereocenters. The standard InChI is InChI=1S/C34H35F2N3O5/c1-17-10-20(35)11-18(2)30(17)43-27-14-25(36)24(34(3,4)41)12-21(27)23-15-39(5)33(40)22-13-28(44-31(22)23)29-26(16-42-6)37-32(38-29)19-8-7-9-19/h10-15,19,41H,7-9,16H2,1-6H3,(H,37,38). The van der Waals surface area contributed by atoms with Crippen molar-refractivity contribution in [1.29, 1.82) is 0 Å². The highest BCUT2D eigenvalue weighted by Crippen LogP contribution is 2.43. The van der Waals surface area contributed by atoms with E-state index in [1.54, 1.807) is 40.3 Å². The van der Waals surface area contributed by atoms with Gasteiger partial charge in [-0.05, 0) is 75.9 Å². The van der Waals surface area contributed by atoms with Gasteiger partial charge in [-0.15, -0.1) is 0 Å². The third kappa shape index (κ3) is 5.22. The Morgan fingerprint density at radius 2 is 1.82 bits per heavy atom. The summed E-state index contributed by atoms with van der Waals surface area (Å²) < 4.78 is 49.1. The van der Waals surface area contributed by atoms with Crippen LogP contribution in [0.15, 0.2) is 45.7 Å². The molecule has 230 valence electrons. The van der Waals surface area contributed by atoms with Gasteiger partial charge in [0.25, 0.3) is 5.56 Å². The number of nitrogens with zero attached hydrogens (tertiary/aromatic N) is 2. The number of H-pyrrole nitrogens is 1. The second-order valence-corrected chi connectivity index (χ2v) is 12.2. The summed E-state index contributed by atoms with van der Waals surface area (Å²) in [6.45, 7) is 6.66. The summed E-state index contributed by atoms with van der Waals surface area (Å²) in [5.41, 5.74) is 1.63. The van der Waals surface area contributed by atoms with E-state index in [1.165, 1.54) is 42.7 Å². The van der Waals surface area contributed by atoms with Gasteiger partial charge in [0.2, 0.25) is 0 Å². The Morgan fingerprint density at radius 1 is 1.11 bits per heavy atom. The zero-order chi connectivity index (χ0) is 31.5. The van der Waals surface area contributed by atoms with E-state index in [-0.39, 0.29) is 29.1 Å². The highest BCUT2D eigenvalue weighted by molar-refractivity contribution is 5.95. The summed E-state index contributed by atoms with van der Waals surface area (Å²) >= 11 is 0. The molecule has 10 heteroatoms. The number of furan rings is 1. The molecule has 5 aromatic rings. The topological polar surface area (TPSA) is 103 Å². The van der Waals surface area contributed by atoms with Crippen molar-refractivity contribution in [1.82, 2.24) is 14.5 Å². The summed E-state index contributed by atoms with van der Waals surface area (Å²) in [6, 6.07) is 7.04. The first-order valence-electron chi connectivity index (χ1n) is 14.6. The SMILES string of the molecule is COCc1[nH]c(C2CCC2)nc1-c1cc2c(=O)n(C)cc(-c3cc(C(C)(C)O)c(F)cc3Oc3c(C)cc(F)cc3C)c2o1. The number of nitrogens with one attached hydrogen (secondary N) is 1. The molecule has 0 aliphatic heterocycles. The highest BCUT2D eigenvalue weighted by atomic mass is 19.1. The number of halogens is 2. The zero-order valence-corrected chi connectivity index (χ0v) is 25.6. The van der Waals surface area contributed by atoms with Gasteiger partial charge >= 0.3 is 0 Å². The number of pyridine rings is 1. The monoisotopic (exact) mass is 603 g/mol. The molecule has 8 nitrogen and oxygen atoms in total. The first-order valence-corrected chi connectivity index (χ1v) is 14.6. The number of aliphatic hydroxyl groups is 1. The van der Waals surface area contributed by atoms with Gasteiger partial charge in [-0.3, -0.25) is 4.79 Å². The minimum atomic E-state index is -1.53. The predicted molar refractivity (Wildman–Crippen MR) is 163 cm³/mol. The number of hydrogen-bond donors (Lipinski definition) is 2.